The fraction of sp³-hybridized carbons (Fsp3) is 0.167. The molecule has 4 aromatic rings. The Labute approximate surface area is 232 Å². The molecule has 1 aliphatic heterocycles. The van der Waals surface area contributed by atoms with Crippen LogP contribution in [0.2, 0.25) is 0 Å². The predicted octanol–water partition coefficient (Wildman–Crippen LogP) is 3.95. The first-order valence-electron chi connectivity index (χ1n) is 12.7. The molecule has 40 heavy (non-hydrogen) atoms. The molecule has 0 spiro atoms. The van der Waals surface area contributed by atoms with E-state index >= 15 is 0 Å². The summed E-state index contributed by atoms with van der Waals surface area (Å²) in [5, 5.41) is 2.60. The molecule has 3 aromatic carbocycles. The maximum atomic E-state index is 13.7. The summed E-state index contributed by atoms with van der Waals surface area (Å²) in [4.78, 5) is 32.2. The van der Waals surface area contributed by atoms with Crippen molar-refractivity contribution in [3.8, 4) is 16.9 Å². The van der Waals surface area contributed by atoms with Crippen LogP contribution in [0.1, 0.15) is 11.1 Å². The Morgan fingerprint density at radius 2 is 1.77 bits per heavy atom. The van der Waals surface area contributed by atoms with Gasteiger partial charge in [-0.15, -0.1) is 0 Å². The second-order valence-electron chi connectivity index (χ2n) is 9.35. The number of likely N-dealkylation sites (N-methyl/N-ethyl adjacent to an activating group) is 1. The van der Waals surface area contributed by atoms with Gasteiger partial charge in [0.2, 0.25) is 5.91 Å². The quantitative estimate of drug-likeness (QED) is 0.340. The third-order valence-corrected chi connectivity index (χ3v) is 8.04. The van der Waals surface area contributed by atoms with Gasteiger partial charge in [0.25, 0.3) is 10.0 Å². The molecule has 0 fully saturated rings. The normalized spacial score (nSPS) is 13.0. The number of nitrogens with zero attached hydrogens (tertiary/aromatic N) is 2. The van der Waals surface area contributed by atoms with Gasteiger partial charge in [0, 0.05) is 49.1 Å². The highest BCUT2D eigenvalue weighted by molar-refractivity contribution is 7.90. The fourth-order valence-corrected chi connectivity index (χ4v) is 5.76. The lowest BCUT2D eigenvalue weighted by Gasteiger charge is -2.25. The van der Waals surface area contributed by atoms with Crippen LogP contribution in [0.5, 0.6) is 5.75 Å². The minimum Gasteiger partial charge on any atom is -0.493 e. The average molecular weight is 557 g/mol. The van der Waals surface area contributed by atoms with Gasteiger partial charge in [0.1, 0.15) is 11.8 Å². The van der Waals surface area contributed by atoms with Crippen LogP contribution < -0.4 is 19.7 Å². The van der Waals surface area contributed by atoms with Crippen molar-refractivity contribution >= 4 is 27.6 Å². The summed E-state index contributed by atoms with van der Waals surface area (Å²) < 4.78 is 34.3. The van der Waals surface area contributed by atoms with E-state index in [1.165, 1.54) is 11.0 Å². The number of carbonyl (C=O) groups excluding carboxylic acids is 2. The number of benzene rings is 3. The van der Waals surface area contributed by atoms with Gasteiger partial charge in [-0.25, -0.2) is 17.9 Å². The van der Waals surface area contributed by atoms with Crippen LogP contribution in [0.25, 0.3) is 11.1 Å². The topological polar surface area (TPSA) is 118 Å². The zero-order valence-electron chi connectivity index (χ0n) is 21.8. The molecule has 2 N–H and O–H groups in total. The molecule has 1 atom stereocenters. The third kappa shape index (κ3) is 5.97. The Kier molecular flexibility index (Phi) is 7.79. The molecular formula is C30H28N4O5S. The molecule has 0 bridgehead atoms. The van der Waals surface area contributed by atoms with E-state index in [9.17, 15) is 18.0 Å². The van der Waals surface area contributed by atoms with Gasteiger partial charge < -0.3 is 15.0 Å². The highest BCUT2D eigenvalue weighted by atomic mass is 32.2. The second kappa shape index (κ2) is 11.6. The van der Waals surface area contributed by atoms with Crippen molar-refractivity contribution in [2.75, 3.05) is 18.6 Å². The van der Waals surface area contributed by atoms with Crippen LogP contribution in [0.4, 0.5) is 10.5 Å². The Hall–Kier alpha value is -4.70. The monoisotopic (exact) mass is 556 g/mol. The first-order chi connectivity index (χ1) is 19.3. The number of ether oxygens (including phenoxy) is 1. The number of nitrogens with one attached hydrogen (secondary N) is 2. The van der Waals surface area contributed by atoms with Crippen molar-refractivity contribution in [2.45, 2.75) is 23.8 Å². The minimum atomic E-state index is -4.29. The van der Waals surface area contributed by atoms with Gasteiger partial charge in [-0.2, -0.15) is 0 Å². The molecule has 3 amide bonds. The molecule has 1 aliphatic rings. The molecular weight excluding hydrogens is 528 g/mol. The average Bonchev–Trinajstić information content (AvgIpc) is 3.45. The summed E-state index contributed by atoms with van der Waals surface area (Å²) in [7, 11) is -2.67. The summed E-state index contributed by atoms with van der Waals surface area (Å²) in [6, 6.07) is 22.4. The van der Waals surface area contributed by atoms with Gasteiger partial charge in [-0.3, -0.25) is 9.78 Å². The minimum absolute atomic E-state index is 0.0819. The molecule has 9 nitrogen and oxygen atoms in total. The summed E-state index contributed by atoms with van der Waals surface area (Å²) in [5.74, 6) is 0.394. The van der Waals surface area contributed by atoms with Crippen LogP contribution in [-0.4, -0.2) is 45.0 Å². The summed E-state index contributed by atoms with van der Waals surface area (Å²) in [6.07, 6.45) is 4.04. The molecule has 0 aliphatic carbocycles. The van der Waals surface area contributed by atoms with E-state index in [2.05, 4.69) is 15.0 Å². The van der Waals surface area contributed by atoms with Crippen LogP contribution in [0.15, 0.2) is 102 Å². The smallest absolute Gasteiger partial charge is 0.329 e. The van der Waals surface area contributed by atoms with E-state index in [1.807, 2.05) is 42.5 Å². The van der Waals surface area contributed by atoms with Crippen LogP contribution >= 0.6 is 0 Å². The molecule has 1 aromatic heterocycles. The van der Waals surface area contributed by atoms with Crippen LogP contribution in [0.3, 0.4) is 0 Å². The van der Waals surface area contributed by atoms with Crippen LogP contribution in [-0.2, 0) is 27.7 Å². The Balaban J connectivity index is 1.38. The number of hydrogen-bond acceptors (Lipinski definition) is 6. The zero-order valence-corrected chi connectivity index (χ0v) is 22.6. The number of sulfonamides is 1. The van der Waals surface area contributed by atoms with Gasteiger partial charge in [-0.1, -0.05) is 54.6 Å². The maximum Gasteiger partial charge on any atom is 0.329 e. The van der Waals surface area contributed by atoms with E-state index in [0.717, 1.165) is 23.3 Å². The van der Waals surface area contributed by atoms with E-state index in [0.29, 0.717) is 23.4 Å². The summed E-state index contributed by atoms with van der Waals surface area (Å²) in [6.45, 7) is 0.590. The fourth-order valence-electron chi connectivity index (χ4n) is 4.62. The van der Waals surface area contributed by atoms with Gasteiger partial charge in [0.05, 0.1) is 11.5 Å². The van der Waals surface area contributed by atoms with E-state index in [4.69, 9.17) is 4.74 Å². The molecule has 2 heterocycles. The van der Waals surface area contributed by atoms with E-state index < -0.39 is 28.0 Å². The van der Waals surface area contributed by atoms with Crippen molar-refractivity contribution in [3.63, 3.8) is 0 Å². The lowest BCUT2D eigenvalue weighted by atomic mass is 10.0. The standard InChI is InChI=1S/C30H28N4O5S/c1-34(24-13-14-27-22(19-24)15-17-39-27)29(35)26(18-21-8-3-2-4-9-21)32-30(36)33-40(37,38)28-12-6-5-11-25(28)23-10-7-16-31-20-23/h2-14,16,19-20,26H,15,17-18H2,1H3,(H2,32,33,36)/t26-/m0/s1. The van der Waals surface area contributed by atoms with E-state index in [-0.39, 0.29) is 11.3 Å². The number of amides is 3. The predicted molar refractivity (Wildman–Crippen MR) is 152 cm³/mol. The first-order valence-corrected chi connectivity index (χ1v) is 14.2. The van der Waals surface area contributed by atoms with Crippen molar-refractivity contribution in [1.29, 1.82) is 0 Å². The molecule has 204 valence electrons. The number of hydrogen-bond donors (Lipinski definition) is 2. The van der Waals surface area contributed by atoms with Crippen molar-refractivity contribution in [3.05, 3.63) is 108 Å². The molecule has 0 unspecified atom stereocenters. The van der Waals surface area contributed by atoms with Crippen LogP contribution in [0, 0.1) is 0 Å². The van der Waals surface area contributed by atoms with Gasteiger partial charge >= 0.3 is 6.03 Å². The zero-order chi connectivity index (χ0) is 28.1. The van der Waals surface area contributed by atoms with Gasteiger partial charge in [0.15, 0.2) is 0 Å². The highest BCUT2D eigenvalue weighted by Gasteiger charge is 2.29. The lowest BCUT2D eigenvalue weighted by molar-refractivity contribution is -0.120. The molecule has 10 heteroatoms. The second-order valence-corrected chi connectivity index (χ2v) is 11.0. The number of fused-ring (bicyclic) bond motifs is 1. The molecule has 0 saturated carbocycles. The number of urea groups is 1. The number of anilines is 1. The van der Waals surface area contributed by atoms with Crippen molar-refractivity contribution in [1.82, 2.24) is 15.0 Å². The number of pyridine rings is 1. The van der Waals surface area contributed by atoms with Gasteiger partial charge in [-0.05, 0) is 41.5 Å². The van der Waals surface area contributed by atoms with Crippen molar-refractivity contribution < 1.29 is 22.7 Å². The summed E-state index contributed by atoms with van der Waals surface area (Å²) in [5.41, 5.74) is 3.44. The lowest BCUT2D eigenvalue weighted by Crippen LogP contribution is -2.52. The Morgan fingerprint density at radius 1 is 1.00 bits per heavy atom. The molecule has 0 radical (unpaired) electrons. The number of aromatic nitrogens is 1. The third-order valence-electron chi connectivity index (χ3n) is 6.65. The number of rotatable bonds is 8. The largest absolute Gasteiger partial charge is 0.493 e. The highest BCUT2D eigenvalue weighted by Crippen LogP contribution is 2.30. The number of carbonyl (C=O) groups is 2. The summed E-state index contributed by atoms with van der Waals surface area (Å²) >= 11 is 0. The molecule has 5 rings (SSSR count). The molecule has 0 saturated heterocycles. The SMILES string of the molecule is CN(C(=O)[C@H](Cc1ccccc1)NC(=O)NS(=O)(=O)c1ccccc1-c1cccnc1)c1ccc2c(c1)CCO2. The first kappa shape index (κ1) is 26.9. The Morgan fingerprint density at radius 3 is 2.55 bits per heavy atom. The Bertz CT molecular complexity index is 1630. The maximum absolute atomic E-state index is 13.7. The van der Waals surface area contributed by atoms with E-state index in [1.54, 1.807) is 55.8 Å². The van der Waals surface area contributed by atoms with Crippen molar-refractivity contribution in [2.24, 2.45) is 0 Å².